The van der Waals surface area contributed by atoms with Crippen LogP contribution in [0.15, 0.2) is 36.4 Å². The van der Waals surface area contributed by atoms with E-state index in [1.165, 1.54) is 6.92 Å². The summed E-state index contributed by atoms with van der Waals surface area (Å²) < 4.78 is 10.3. The molecule has 24 heavy (non-hydrogen) atoms. The van der Waals surface area contributed by atoms with Gasteiger partial charge in [0.2, 0.25) is 0 Å². The van der Waals surface area contributed by atoms with Gasteiger partial charge < -0.3 is 14.9 Å². The van der Waals surface area contributed by atoms with E-state index in [9.17, 15) is 9.59 Å². The Labute approximate surface area is 139 Å². The summed E-state index contributed by atoms with van der Waals surface area (Å²) in [7, 11) is 1.54. The lowest BCUT2D eigenvalue weighted by Crippen LogP contribution is -2.25. The number of methoxy groups -OCH3 is 1. The Morgan fingerprint density at radius 2 is 1.88 bits per heavy atom. The van der Waals surface area contributed by atoms with Crippen molar-refractivity contribution >= 4 is 28.2 Å². The number of esters is 1. The van der Waals surface area contributed by atoms with E-state index in [1.54, 1.807) is 37.4 Å². The van der Waals surface area contributed by atoms with Crippen molar-refractivity contribution < 1.29 is 19.1 Å². The van der Waals surface area contributed by atoms with Gasteiger partial charge in [0.05, 0.1) is 18.7 Å². The average molecular weight is 324 g/mol. The summed E-state index contributed by atoms with van der Waals surface area (Å²) in [6.45, 7) is 0.818. The normalized spacial score (nSPS) is 11.4. The van der Waals surface area contributed by atoms with E-state index in [0.717, 1.165) is 5.39 Å². The van der Waals surface area contributed by atoms with E-state index in [4.69, 9.17) is 20.1 Å². The molecule has 0 radical (unpaired) electrons. The quantitative estimate of drug-likeness (QED) is 0.650. The van der Waals surface area contributed by atoms with Crippen LogP contribution in [0.25, 0.3) is 10.8 Å². The molecule has 2 rings (SSSR count). The zero-order chi connectivity index (χ0) is 17.7. The molecular formula is C18H16N2O4. The third-order valence-corrected chi connectivity index (χ3v) is 3.55. The molecular weight excluding hydrogens is 308 g/mol. The highest BCUT2D eigenvalue weighted by molar-refractivity contribution is 6.08. The van der Waals surface area contributed by atoms with Gasteiger partial charge in [0.15, 0.2) is 12.4 Å². The Balaban J connectivity index is 2.23. The molecule has 0 heterocycles. The molecule has 0 aliphatic rings. The van der Waals surface area contributed by atoms with Gasteiger partial charge in [-0.3, -0.25) is 4.79 Å². The van der Waals surface area contributed by atoms with Crippen LogP contribution in [0, 0.1) is 22.7 Å². The first-order valence-corrected chi connectivity index (χ1v) is 7.19. The van der Waals surface area contributed by atoms with Crippen LogP contribution < -0.4 is 4.74 Å². The van der Waals surface area contributed by atoms with Crippen molar-refractivity contribution in [3.8, 4) is 11.8 Å². The van der Waals surface area contributed by atoms with E-state index >= 15 is 0 Å². The fourth-order valence-electron chi connectivity index (χ4n) is 2.34. The van der Waals surface area contributed by atoms with Gasteiger partial charge in [-0.05, 0) is 24.4 Å². The minimum atomic E-state index is -1.19. The summed E-state index contributed by atoms with van der Waals surface area (Å²) in [5.74, 6) is -1.84. The zero-order valence-electron chi connectivity index (χ0n) is 13.3. The number of carbonyl (C=O) groups excluding carboxylic acids is 2. The number of nitrogens with zero attached hydrogens (tertiary/aromatic N) is 1. The van der Waals surface area contributed by atoms with E-state index in [-0.39, 0.29) is 5.71 Å². The van der Waals surface area contributed by atoms with E-state index in [0.29, 0.717) is 16.7 Å². The number of benzene rings is 2. The van der Waals surface area contributed by atoms with Crippen LogP contribution >= 0.6 is 0 Å². The molecule has 122 valence electrons. The fourth-order valence-corrected chi connectivity index (χ4v) is 2.34. The van der Waals surface area contributed by atoms with Gasteiger partial charge in [0.25, 0.3) is 0 Å². The molecule has 0 saturated heterocycles. The lowest BCUT2D eigenvalue weighted by molar-refractivity contribution is -0.122. The first-order chi connectivity index (χ1) is 11.5. The average Bonchev–Trinajstić information content (AvgIpc) is 2.58. The molecule has 6 nitrogen and oxygen atoms in total. The van der Waals surface area contributed by atoms with Gasteiger partial charge in [-0.1, -0.05) is 24.3 Å². The van der Waals surface area contributed by atoms with Crippen LogP contribution in [0.4, 0.5) is 0 Å². The summed E-state index contributed by atoms with van der Waals surface area (Å²) in [5.41, 5.74) is 0.229. The van der Waals surface area contributed by atoms with Gasteiger partial charge in [-0.2, -0.15) is 5.26 Å². The smallest absolute Gasteiger partial charge is 0.339 e. The van der Waals surface area contributed by atoms with Crippen LogP contribution in [-0.4, -0.2) is 31.2 Å². The van der Waals surface area contributed by atoms with E-state index in [1.807, 2.05) is 12.1 Å². The number of ketones is 1. The highest BCUT2D eigenvalue weighted by Crippen LogP contribution is 2.28. The Bertz CT molecular complexity index is 852. The molecule has 1 unspecified atom stereocenters. The Kier molecular flexibility index (Phi) is 5.27. The van der Waals surface area contributed by atoms with Gasteiger partial charge in [-0.25, -0.2) is 4.79 Å². The van der Waals surface area contributed by atoms with Crippen LogP contribution in [-0.2, 0) is 9.53 Å². The summed E-state index contributed by atoms with van der Waals surface area (Å²) in [6, 6.07) is 12.1. The lowest BCUT2D eigenvalue weighted by atomic mass is 10.0. The maximum atomic E-state index is 12.3. The second kappa shape index (κ2) is 7.38. The molecule has 0 amide bonds. The molecule has 0 spiro atoms. The zero-order valence-corrected chi connectivity index (χ0v) is 13.3. The topological polar surface area (TPSA) is 100 Å². The molecule has 1 N–H and O–H groups in total. The third kappa shape index (κ3) is 3.41. The molecule has 0 aliphatic heterocycles. The number of ether oxygens (including phenoxy) is 2. The van der Waals surface area contributed by atoms with Crippen molar-refractivity contribution in [3.63, 3.8) is 0 Å². The van der Waals surface area contributed by atoms with E-state index < -0.39 is 24.3 Å². The molecule has 0 bridgehead atoms. The molecule has 6 heteroatoms. The fraction of sp³-hybridized carbons (Fsp3) is 0.222. The SMILES string of the molecule is COc1ccc(C(=O)OCC(=O)C(C#N)C(C)=N)c2ccccc12. The number of hydrogen-bond donors (Lipinski definition) is 1. The number of Topliss-reactive ketones (excluding diaryl/α,β-unsaturated/α-hetero) is 1. The minimum Gasteiger partial charge on any atom is -0.496 e. The Morgan fingerprint density at radius 3 is 2.46 bits per heavy atom. The monoisotopic (exact) mass is 324 g/mol. The van der Waals surface area contributed by atoms with Crippen molar-refractivity contribution in [2.45, 2.75) is 6.92 Å². The van der Waals surface area contributed by atoms with Gasteiger partial charge in [0.1, 0.15) is 11.7 Å². The van der Waals surface area contributed by atoms with E-state index in [2.05, 4.69) is 0 Å². The van der Waals surface area contributed by atoms with Crippen molar-refractivity contribution in [2.75, 3.05) is 13.7 Å². The van der Waals surface area contributed by atoms with Crippen LogP contribution in [0.3, 0.4) is 0 Å². The van der Waals surface area contributed by atoms with Gasteiger partial charge >= 0.3 is 5.97 Å². The van der Waals surface area contributed by atoms with Crippen LogP contribution in [0.2, 0.25) is 0 Å². The molecule has 2 aromatic rings. The third-order valence-electron chi connectivity index (χ3n) is 3.55. The predicted octanol–water partition coefficient (Wildman–Crippen LogP) is 2.75. The lowest BCUT2D eigenvalue weighted by Gasteiger charge is -2.11. The summed E-state index contributed by atoms with van der Waals surface area (Å²) in [5, 5.41) is 17.7. The standard InChI is InChI=1S/C18H16N2O4/c1-11(20)15(9-19)16(21)10-24-18(22)14-7-8-17(23-2)13-6-4-3-5-12(13)14/h3-8,15,20H,10H2,1-2H3. The van der Waals surface area contributed by atoms with Crippen molar-refractivity contribution in [2.24, 2.45) is 5.92 Å². The number of carbonyl (C=O) groups is 2. The first kappa shape index (κ1) is 17.2. The molecule has 0 saturated carbocycles. The maximum absolute atomic E-state index is 12.3. The summed E-state index contributed by atoms with van der Waals surface area (Å²) >= 11 is 0. The van der Waals surface area contributed by atoms with Crippen LogP contribution in [0.5, 0.6) is 5.75 Å². The number of nitrogens with one attached hydrogen (secondary N) is 1. The Morgan fingerprint density at radius 1 is 1.21 bits per heavy atom. The predicted molar refractivity (Wildman–Crippen MR) is 88.3 cm³/mol. The van der Waals surface area contributed by atoms with Gasteiger partial charge in [0, 0.05) is 11.1 Å². The first-order valence-electron chi connectivity index (χ1n) is 7.19. The maximum Gasteiger partial charge on any atom is 0.339 e. The highest BCUT2D eigenvalue weighted by atomic mass is 16.5. The molecule has 1 atom stereocenters. The van der Waals surface area contributed by atoms with Crippen molar-refractivity contribution in [1.82, 2.24) is 0 Å². The second-order valence-electron chi connectivity index (χ2n) is 5.15. The number of nitriles is 1. The number of hydrogen-bond acceptors (Lipinski definition) is 6. The molecule has 2 aromatic carbocycles. The van der Waals surface area contributed by atoms with Crippen molar-refractivity contribution in [3.05, 3.63) is 42.0 Å². The van der Waals surface area contributed by atoms with Crippen LogP contribution in [0.1, 0.15) is 17.3 Å². The number of fused-ring (bicyclic) bond motifs is 1. The summed E-state index contributed by atoms with van der Waals surface area (Å²) in [4.78, 5) is 24.1. The molecule has 0 aliphatic carbocycles. The number of rotatable bonds is 6. The van der Waals surface area contributed by atoms with Crippen molar-refractivity contribution in [1.29, 1.82) is 10.7 Å². The second-order valence-corrected chi connectivity index (χ2v) is 5.15. The van der Waals surface area contributed by atoms with Gasteiger partial charge in [-0.15, -0.1) is 0 Å². The highest BCUT2D eigenvalue weighted by Gasteiger charge is 2.22. The molecule has 0 fully saturated rings. The Hall–Kier alpha value is -3.20. The summed E-state index contributed by atoms with van der Waals surface area (Å²) in [6.07, 6.45) is 0. The largest absolute Gasteiger partial charge is 0.496 e. The minimum absolute atomic E-state index is 0.0755. The molecule has 0 aromatic heterocycles.